The van der Waals surface area contributed by atoms with E-state index in [9.17, 15) is 4.79 Å². The molecule has 4 nitrogen and oxygen atoms in total. The van der Waals surface area contributed by atoms with Crippen molar-refractivity contribution in [3.8, 4) is 0 Å². The molecule has 0 amide bonds. The summed E-state index contributed by atoms with van der Waals surface area (Å²) < 4.78 is 5.03. The van der Waals surface area contributed by atoms with Gasteiger partial charge in [-0.15, -0.1) is 0 Å². The summed E-state index contributed by atoms with van der Waals surface area (Å²) in [4.78, 5) is 11.5. The first-order valence-electron chi connectivity index (χ1n) is 4.97. The number of nitrogens with two attached hydrogens (primary N) is 2. The predicted octanol–water partition coefficient (Wildman–Crippen LogP) is 1.81. The molecule has 15 heavy (non-hydrogen) atoms. The van der Waals surface area contributed by atoms with Crippen LogP contribution in [0.3, 0.4) is 0 Å². The lowest BCUT2D eigenvalue weighted by atomic mass is 10.1. The molecule has 0 aliphatic rings. The average molecular weight is 208 g/mol. The van der Waals surface area contributed by atoms with Crippen molar-refractivity contribution in [2.24, 2.45) is 0 Å². The molecule has 0 aliphatic carbocycles. The van der Waals surface area contributed by atoms with Crippen LogP contribution in [0.5, 0.6) is 0 Å². The first kappa shape index (κ1) is 11.4. The molecule has 0 radical (unpaired) electrons. The van der Waals surface area contributed by atoms with E-state index in [-0.39, 0.29) is 0 Å². The summed E-state index contributed by atoms with van der Waals surface area (Å²) in [6.45, 7) is 2.45. The number of rotatable bonds is 4. The van der Waals surface area contributed by atoms with Crippen molar-refractivity contribution in [3.05, 3.63) is 23.8 Å². The minimum atomic E-state index is -0.409. The molecule has 0 heterocycles. The molecule has 0 saturated heterocycles. The van der Waals surface area contributed by atoms with Crippen molar-refractivity contribution in [2.45, 2.75) is 19.8 Å². The summed E-state index contributed by atoms with van der Waals surface area (Å²) in [5.74, 6) is -0.409. The van der Waals surface area contributed by atoms with Gasteiger partial charge in [-0.05, 0) is 24.6 Å². The van der Waals surface area contributed by atoms with Gasteiger partial charge in [0.15, 0.2) is 0 Å². The maximum absolute atomic E-state index is 11.5. The minimum absolute atomic E-state index is 0.339. The van der Waals surface area contributed by atoms with Crippen LogP contribution in [0.4, 0.5) is 11.4 Å². The molecule has 1 rings (SSSR count). The number of unbranched alkanes of at least 4 members (excludes halogenated alkanes) is 1. The number of benzene rings is 1. The van der Waals surface area contributed by atoms with Gasteiger partial charge >= 0.3 is 5.97 Å². The second-order valence-electron chi connectivity index (χ2n) is 3.34. The van der Waals surface area contributed by atoms with Crippen LogP contribution in [0.2, 0.25) is 0 Å². The van der Waals surface area contributed by atoms with Gasteiger partial charge in [0, 0.05) is 11.4 Å². The summed E-state index contributed by atoms with van der Waals surface area (Å²) in [6, 6.07) is 4.79. The largest absolute Gasteiger partial charge is 0.462 e. The normalized spacial score (nSPS) is 9.93. The van der Waals surface area contributed by atoms with Crippen LogP contribution in [-0.4, -0.2) is 12.6 Å². The zero-order chi connectivity index (χ0) is 11.3. The molecule has 4 N–H and O–H groups in total. The van der Waals surface area contributed by atoms with Crippen molar-refractivity contribution in [3.63, 3.8) is 0 Å². The Balaban J connectivity index is 2.68. The Hall–Kier alpha value is -1.71. The molecule has 0 unspecified atom stereocenters. The fourth-order valence-corrected chi connectivity index (χ4v) is 1.14. The highest BCUT2D eigenvalue weighted by Gasteiger charge is 2.10. The molecule has 0 atom stereocenters. The fourth-order valence-electron chi connectivity index (χ4n) is 1.14. The number of carbonyl (C=O) groups excluding carboxylic acids is 1. The summed E-state index contributed by atoms with van der Waals surface area (Å²) in [7, 11) is 0. The quantitative estimate of drug-likeness (QED) is 0.449. The lowest BCUT2D eigenvalue weighted by molar-refractivity contribution is 0.0501. The minimum Gasteiger partial charge on any atom is -0.462 e. The summed E-state index contributed by atoms with van der Waals surface area (Å²) >= 11 is 0. The Morgan fingerprint density at radius 2 is 2.13 bits per heavy atom. The average Bonchev–Trinajstić information content (AvgIpc) is 2.22. The first-order valence-corrected chi connectivity index (χ1v) is 4.97. The third-order valence-corrected chi connectivity index (χ3v) is 2.03. The second kappa shape index (κ2) is 5.24. The van der Waals surface area contributed by atoms with E-state index in [0.29, 0.717) is 23.5 Å². The van der Waals surface area contributed by atoms with Crippen LogP contribution < -0.4 is 11.5 Å². The zero-order valence-electron chi connectivity index (χ0n) is 8.82. The number of carbonyl (C=O) groups is 1. The SMILES string of the molecule is CCCCOC(=O)c1cc(N)ccc1N. The van der Waals surface area contributed by atoms with Crippen molar-refractivity contribution in [1.29, 1.82) is 0 Å². The Morgan fingerprint density at radius 3 is 2.80 bits per heavy atom. The molecular weight excluding hydrogens is 192 g/mol. The summed E-state index contributed by atoms with van der Waals surface area (Å²) in [5, 5.41) is 0. The molecule has 1 aromatic rings. The number of ether oxygens (including phenoxy) is 1. The highest BCUT2D eigenvalue weighted by Crippen LogP contribution is 2.16. The predicted molar refractivity (Wildman–Crippen MR) is 60.5 cm³/mol. The van der Waals surface area contributed by atoms with Crippen LogP contribution in [0.25, 0.3) is 0 Å². The third-order valence-electron chi connectivity index (χ3n) is 2.03. The van der Waals surface area contributed by atoms with Crippen LogP contribution in [0.1, 0.15) is 30.1 Å². The first-order chi connectivity index (χ1) is 7.15. The van der Waals surface area contributed by atoms with Crippen LogP contribution >= 0.6 is 0 Å². The Bertz CT molecular complexity index is 350. The van der Waals surface area contributed by atoms with Gasteiger partial charge in [0.2, 0.25) is 0 Å². The molecule has 0 bridgehead atoms. The molecule has 0 fully saturated rings. The molecule has 1 aromatic carbocycles. The summed E-state index contributed by atoms with van der Waals surface area (Å²) in [5.41, 5.74) is 12.4. The van der Waals surface area contributed by atoms with E-state index in [1.807, 2.05) is 6.92 Å². The monoisotopic (exact) mass is 208 g/mol. The molecular formula is C11H16N2O2. The fraction of sp³-hybridized carbons (Fsp3) is 0.364. The highest BCUT2D eigenvalue weighted by molar-refractivity contribution is 5.96. The van der Waals surface area contributed by atoms with Gasteiger partial charge < -0.3 is 16.2 Å². The van der Waals surface area contributed by atoms with Gasteiger partial charge in [0.05, 0.1) is 12.2 Å². The smallest absolute Gasteiger partial charge is 0.340 e. The van der Waals surface area contributed by atoms with Gasteiger partial charge in [-0.3, -0.25) is 0 Å². The Labute approximate surface area is 89.2 Å². The van der Waals surface area contributed by atoms with E-state index in [1.54, 1.807) is 12.1 Å². The molecule has 0 aromatic heterocycles. The lowest BCUT2D eigenvalue weighted by Gasteiger charge is -2.06. The number of nitrogen functional groups attached to an aromatic ring is 2. The van der Waals surface area contributed by atoms with Crippen molar-refractivity contribution < 1.29 is 9.53 Å². The van der Waals surface area contributed by atoms with Gasteiger partial charge in [0.1, 0.15) is 0 Å². The van der Waals surface area contributed by atoms with E-state index in [2.05, 4.69) is 0 Å². The summed E-state index contributed by atoms with van der Waals surface area (Å²) in [6.07, 6.45) is 1.84. The van der Waals surface area contributed by atoms with E-state index in [4.69, 9.17) is 16.2 Å². The van der Waals surface area contributed by atoms with Crippen molar-refractivity contribution >= 4 is 17.3 Å². The van der Waals surface area contributed by atoms with Crippen LogP contribution in [0, 0.1) is 0 Å². The van der Waals surface area contributed by atoms with Gasteiger partial charge in [-0.1, -0.05) is 13.3 Å². The van der Waals surface area contributed by atoms with Gasteiger partial charge in [0.25, 0.3) is 0 Å². The molecule has 82 valence electrons. The topological polar surface area (TPSA) is 78.3 Å². The molecule has 0 saturated carbocycles. The number of esters is 1. The highest BCUT2D eigenvalue weighted by atomic mass is 16.5. The zero-order valence-corrected chi connectivity index (χ0v) is 8.82. The van der Waals surface area contributed by atoms with E-state index < -0.39 is 5.97 Å². The second-order valence-corrected chi connectivity index (χ2v) is 3.34. The van der Waals surface area contributed by atoms with Crippen LogP contribution in [0.15, 0.2) is 18.2 Å². The Kier molecular flexibility index (Phi) is 3.97. The molecule has 0 spiro atoms. The van der Waals surface area contributed by atoms with E-state index >= 15 is 0 Å². The molecule has 4 heteroatoms. The number of anilines is 2. The van der Waals surface area contributed by atoms with Gasteiger partial charge in [-0.2, -0.15) is 0 Å². The number of hydrogen-bond donors (Lipinski definition) is 2. The lowest BCUT2D eigenvalue weighted by Crippen LogP contribution is -2.09. The van der Waals surface area contributed by atoms with Crippen molar-refractivity contribution in [1.82, 2.24) is 0 Å². The maximum Gasteiger partial charge on any atom is 0.340 e. The van der Waals surface area contributed by atoms with Crippen molar-refractivity contribution in [2.75, 3.05) is 18.1 Å². The van der Waals surface area contributed by atoms with Crippen LogP contribution in [-0.2, 0) is 4.74 Å². The Morgan fingerprint density at radius 1 is 1.40 bits per heavy atom. The molecule has 0 aliphatic heterocycles. The van der Waals surface area contributed by atoms with Gasteiger partial charge in [-0.25, -0.2) is 4.79 Å². The number of hydrogen-bond acceptors (Lipinski definition) is 4. The standard InChI is InChI=1S/C11H16N2O2/c1-2-3-6-15-11(14)9-7-8(12)4-5-10(9)13/h4-5,7H,2-3,6,12-13H2,1H3. The van der Waals surface area contributed by atoms with E-state index in [1.165, 1.54) is 6.07 Å². The third kappa shape index (κ3) is 3.16. The maximum atomic E-state index is 11.5. The van der Waals surface area contributed by atoms with E-state index in [0.717, 1.165) is 12.8 Å².